The predicted octanol–water partition coefficient (Wildman–Crippen LogP) is 3.33. The second-order valence-corrected chi connectivity index (χ2v) is 9.00. The van der Waals surface area contributed by atoms with Crippen molar-refractivity contribution >= 4 is 23.2 Å². The van der Waals surface area contributed by atoms with Gasteiger partial charge in [-0.05, 0) is 55.7 Å². The summed E-state index contributed by atoms with van der Waals surface area (Å²) in [7, 11) is 0. The third kappa shape index (κ3) is 6.74. The molecule has 1 saturated heterocycles. The summed E-state index contributed by atoms with van der Waals surface area (Å²) in [5.41, 5.74) is 2.94. The third-order valence-corrected chi connectivity index (χ3v) is 6.26. The Labute approximate surface area is 211 Å². The monoisotopic (exact) mass is 490 g/mol. The summed E-state index contributed by atoms with van der Waals surface area (Å²) in [6, 6.07) is 18.4. The van der Waals surface area contributed by atoms with E-state index in [0.29, 0.717) is 43.7 Å². The van der Waals surface area contributed by atoms with Crippen LogP contribution in [-0.2, 0) is 17.8 Å². The topological polar surface area (TPSA) is 107 Å². The number of furan rings is 1. The molecule has 190 valence electrons. The van der Waals surface area contributed by atoms with Crippen molar-refractivity contribution in [3.63, 3.8) is 0 Å². The number of nitrogens with zero attached hydrogens (tertiary/aromatic N) is 1. The van der Waals surface area contributed by atoms with E-state index in [1.54, 1.807) is 23.3 Å². The molecule has 0 unspecified atom stereocenters. The minimum atomic E-state index is -0.833. The molecule has 8 nitrogen and oxygen atoms in total. The van der Waals surface area contributed by atoms with Crippen LogP contribution < -0.4 is 20.9 Å². The number of aliphatic hydroxyl groups is 1. The van der Waals surface area contributed by atoms with Crippen LogP contribution in [0.1, 0.15) is 41.4 Å². The lowest BCUT2D eigenvalue weighted by Gasteiger charge is -2.25. The number of carbonyl (C=O) groups is 2. The maximum absolute atomic E-state index is 13.4. The first kappa shape index (κ1) is 25.5. The Bertz CT molecular complexity index is 1130. The highest BCUT2D eigenvalue weighted by atomic mass is 16.3. The van der Waals surface area contributed by atoms with Crippen LogP contribution in [0.4, 0.5) is 11.4 Å². The quantitative estimate of drug-likeness (QED) is 0.310. The zero-order valence-electron chi connectivity index (χ0n) is 20.6. The molecule has 2 amide bonds. The normalized spacial score (nSPS) is 15.1. The number of anilines is 2. The highest BCUT2D eigenvalue weighted by Crippen LogP contribution is 2.27. The summed E-state index contributed by atoms with van der Waals surface area (Å²) >= 11 is 0. The molecule has 0 bridgehead atoms. The highest BCUT2D eigenvalue weighted by molar-refractivity contribution is 6.00. The standard InChI is InChI=1S/C28H34N4O4/c1-2-30-22-15-21(16-23(17-22)32-12-6-11-27(32)34)28(35)31-25(14-20-8-4-3-5-9-20)26(33)19-29-18-24-10-7-13-36-24/h3-5,7-10,13,15-17,25-26,29-30,33H,2,6,11-12,14,18-19H2,1H3,(H,31,35)/t25-,26+/m0/s1. The van der Waals surface area contributed by atoms with Gasteiger partial charge in [0.1, 0.15) is 5.76 Å². The van der Waals surface area contributed by atoms with Crippen LogP contribution in [0.2, 0.25) is 0 Å². The zero-order valence-corrected chi connectivity index (χ0v) is 20.6. The molecule has 1 fully saturated rings. The van der Waals surface area contributed by atoms with Gasteiger partial charge in [-0.2, -0.15) is 0 Å². The Morgan fingerprint density at radius 2 is 1.97 bits per heavy atom. The average molecular weight is 491 g/mol. The van der Waals surface area contributed by atoms with Crippen LogP contribution in [0.25, 0.3) is 0 Å². The van der Waals surface area contributed by atoms with Crippen LogP contribution in [0.5, 0.6) is 0 Å². The van der Waals surface area contributed by atoms with E-state index >= 15 is 0 Å². The molecule has 4 N–H and O–H groups in total. The van der Waals surface area contributed by atoms with Crippen molar-refractivity contribution in [1.29, 1.82) is 0 Å². The first-order valence-electron chi connectivity index (χ1n) is 12.5. The smallest absolute Gasteiger partial charge is 0.251 e. The van der Waals surface area contributed by atoms with Gasteiger partial charge in [-0.25, -0.2) is 0 Å². The van der Waals surface area contributed by atoms with Gasteiger partial charge in [0, 0.05) is 43.0 Å². The molecule has 8 heteroatoms. The number of carbonyl (C=O) groups excluding carboxylic acids is 2. The molecule has 36 heavy (non-hydrogen) atoms. The predicted molar refractivity (Wildman–Crippen MR) is 140 cm³/mol. The molecular formula is C28H34N4O4. The Morgan fingerprint density at radius 1 is 1.14 bits per heavy atom. The fraction of sp³-hybridized carbons (Fsp3) is 0.357. The van der Waals surface area contributed by atoms with Crippen molar-refractivity contribution in [2.75, 3.05) is 29.9 Å². The van der Waals surface area contributed by atoms with Crippen LogP contribution in [0.3, 0.4) is 0 Å². The van der Waals surface area contributed by atoms with Crippen LogP contribution in [0, 0.1) is 0 Å². The number of hydrogen-bond acceptors (Lipinski definition) is 6. The van der Waals surface area contributed by atoms with E-state index in [2.05, 4.69) is 16.0 Å². The molecule has 3 aromatic rings. The summed E-state index contributed by atoms with van der Waals surface area (Å²) in [6.07, 6.45) is 2.57. The molecule has 0 saturated carbocycles. The Kier molecular flexibility index (Phi) is 8.76. The maximum Gasteiger partial charge on any atom is 0.251 e. The lowest BCUT2D eigenvalue weighted by molar-refractivity contribution is -0.117. The molecule has 0 spiro atoms. The van der Waals surface area contributed by atoms with Crippen molar-refractivity contribution in [2.24, 2.45) is 0 Å². The fourth-order valence-electron chi connectivity index (χ4n) is 4.43. The van der Waals surface area contributed by atoms with Crippen molar-refractivity contribution in [3.05, 3.63) is 83.8 Å². The first-order chi connectivity index (χ1) is 17.5. The van der Waals surface area contributed by atoms with Crippen LogP contribution >= 0.6 is 0 Å². The van der Waals surface area contributed by atoms with Gasteiger partial charge in [0.2, 0.25) is 5.91 Å². The second-order valence-electron chi connectivity index (χ2n) is 9.00. The average Bonchev–Trinajstić information content (AvgIpc) is 3.56. The number of amides is 2. The van der Waals surface area contributed by atoms with E-state index in [0.717, 1.165) is 23.4 Å². The van der Waals surface area contributed by atoms with Gasteiger partial charge in [0.15, 0.2) is 0 Å². The number of nitrogens with one attached hydrogen (secondary N) is 3. The van der Waals surface area contributed by atoms with Gasteiger partial charge in [-0.15, -0.1) is 0 Å². The minimum absolute atomic E-state index is 0.0648. The maximum atomic E-state index is 13.4. The molecule has 2 atom stereocenters. The van der Waals surface area contributed by atoms with E-state index in [4.69, 9.17) is 4.42 Å². The van der Waals surface area contributed by atoms with Gasteiger partial charge in [-0.1, -0.05) is 30.3 Å². The Hall–Kier alpha value is -3.62. The van der Waals surface area contributed by atoms with E-state index in [9.17, 15) is 14.7 Å². The number of aliphatic hydroxyl groups excluding tert-OH is 1. The zero-order chi connectivity index (χ0) is 25.3. The van der Waals surface area contributed by atoms with Gasteiger partial charge >= 0.3 is 0 Å². The van der Waals surface area contributed by atoms with Gasteiger partial charge in [-0.3, -0.25) is 9.59 Å². The minimum Gasteiger partial charge on any atom is -0.468 e. The molecule has 1 aliphatic heterocycles. The van der Waals surface area contributed by atoms with Crippen LogP contribution in [-0.4, -0.2) is 48.7 Å². The number of benzene rings is 2. The fourth-order valence-corrected chi connectivity index (χ4v) is 4.43. The molecular weight excluding hydrogens is 456 g/mol. The van der Waals surface area contributed by atoms with Gasteiger partial charge in [0.25, 0.3) is 5.91 Å². The molecule has 1 aromatic heterocycles. The molecule has 1 aliphatic rings. The Morgan fingerprint density at radius 3 is 2.67 bits per heavy atom. The number of hydrogen-bond donors (Lipinski definition) is 4. The third-order valence-electron chi connectivity index (χ3n) is 6.26. The number of rotatable bonds is 12. The van der Waals surface area contributed by atoms with Crippen molar-refractivity contribution in [1.82, 2.24) is 10.6 Å². The van der Waals surface area contributed by atoms with E-state index < -0.39 is 12.1 Å². The lowest BCUT2D eigenvalue weighted by Crippen LogP contribution is -2.48. The summed E-state index contributed by atoms with van der Waals surface area (Å²) in [5, 5.41) is 20.5. The molecule has 0 aliphatic carbocycles. The summed E-state index contributed by atoms with van der Waals surface area (Å²) in [4.78, 5) is 27.5. The summed E-state index contributed by atoms with van der Waals surface area (Å²) in [5.74, 6) is 0.541. The van der Waals surface area contributed by atoms with Crippen molar-refractivity contribution in [2.45, 2.75) is 44.9 Å². The Balaban J connectivity index is 1.51. The lowest BCUT2D eigenvalue weighted by atomic mass is 10.00. The molecule has 2 aromatic carbocycles. The first-order valence-corrected chi connectivity index (χ1v) is 12.5. The SMILES string of the molecule is CCNc1cc(C(=O)N[C@@H](Cc2ccccc2)[C@H](O)CNCc2ccco2)cc(N2CCCC2=O)c1. The van der Waals surface area contributed by atoms with Gasteiger partial charge < -0.3 is 30.4 Å². The van der Waals surface area contributed by atoms with Crippen molar-refractivity contribution < 1.29 is 19.1 Å². The van der Waals surface area contributed by atoms with Crippen LogP contribution in [0.15, 0.2) is 71.3 Å². The molecule has 0 radical (unpaired) electrons. The second kappa shape index (κ2) is 12.4. The largest absolute Gasteiger partial charge is 0.468 e. The molecule has 2 heterocycles. The highest BCUT2D eigenvalue weighted by Gasteiger charge is 2.25. The molecule has 4 rings (SSSR count). The van der Waals surface area contributed by atoms with E-state index in [-0.39, 0.29) is 18.4 Å². The van der Waals surface area contributed by atoms with E-state index in [1.165, 1.54) is 0 Å². The van der Waals surface area contributed by atoms with Gasteiger partial charge in [0.05, 0.1) is 25.0 Å². The van der Waals surface area contributed by atoms with Crippen molar-refractivity contribution in [3.8, 4) is 0 Å². The van der Waals surface area contributed by atoms with E-state index in [1.807, 2.05) is 55.5 Å². The summed E-state index contributed by atoms with van der Waals surface area (Å²) < 4.78 is 5.34. The summed E-state index contributed by atoms with van der Waals surface area (Å²) in [6.45, 7) is 4.08.